The van der Waals surface area contributed by atoms with E-state index in [1.54, 1.807) is 7.11 Å². The highest BCUT2D eigenvalue weighted by molar-refractivity contribution is 5.97. The van der Waals surface area contributed by atoms with Crippen LogP contribution in [0.1, 0.15) is 11.3 Å². The number of hydrogen-bond donors (Lipinski definition) is 0. The SMILES string of the molecule is COc1cc2c(-c3ccccc3)c(C)oc2cc1CN1CCOCC1. The summed E-state index contributed by atoms with van der Waals surface area (Å²) >= 11 is 0. The molecule has 4 rings (SSSR count). The van der Waals surface area contributed by atoms with Crippen molar-refractivity contribution in [2.45, 2.75) is 13.5 Å². The molecule has 4 heteroatoms. The number of morpholine rings is 1. The average Bonchev–Trinajstić information content (AvgIpc) is 2.97. The Hall–Kier alpha value is -2.30. The molecule has 0 aliphatic carbocycles. The lowest BCUT2D eigenvalue weighted by Crippen LogP contribution is -2.35. The molecule has 3 aromatic rings. The summed E-state index contributed by atoms with van der Waals surface area (Å²) in [6, 6.07) is 14.6. The van der Waals surface area contributed by atoms with Gasteiger partial charge in [-0.3, -0.25) is 4.90 Å². The first kappa shape index (κ1) is 16.2. The second-order valence-corrected chi connectivity index (χ2v) is 6.45. The predicted octanol–water partition coefficient (Wildman–Crippen LogP) is 4.25. The molecule has 0 saturated carbocycles. The molecule has 4 nitrogen and oxygen atoms in total. The number of fused-ring (bicyclic) bond motifs is 1. The van der Waals surface area contributed by atoms with E-state index in [0.717, 1.165) is 66.5 Å². The lowest BCUT2D eigenvalue weighted by Gasteiger charge is -2.27. The molecule has 0 unspecified atom stereocenters. The van der Waals surface area contributed by atoms with Gasteiger partial charge in [-0.25, -0.2) is 0 Å². The zero-order valence-corrected chi connectivity index (χ0v) is 14.7. The maximum Gasteiger partial charge on any atom is 0.135 e. The molecule has 0 bridgehead atoms. The van der Waals surface area contributed by atoms with Gasteiger partial charge in [-0.1, -0.05) is 30.3 Å². The van der Waals surface area contributed by atoms with Crippen LogP contribution in [0.3, 0.4) is 0 Å². The van der Waals surface area contributed by atoms with E-state index in [1.165, 1.54) is 5.56 Å². The highest BCUT2D eigenvalue weighted by atomic mass is 16.5. The lowest BCUT2D eigenvalue weighted by molar-refractivity contribution is 0.0339. The normalized spacial score (nSPS) is 15.6. The van der Waals surface area contributed by atoms with E-state index >= 15 is 0 Å². The van der Waals surface area contributed by atoms with Crippen LogP contribution in [0.5, 0.6) is 5.75 Å². The van der Waals surface area contributed by atoms with Crippen LogP contribution < -0.4 is 4.74 Å². The zero-order valence-electron chi connectivity index (χ0n) is 14.7. The van der Waals surface area contributed by atoms with Crippen molar-refractivity contribution in [3.05, 3.63) is 53.8 Å². The average molecular weight is 337 g/mol. The first-order valence-corrected chi connectivity index (χ1v) is 8.72. The van der Waals surface area contributed by atoms with Crippen molar-refractivity contribution in [3.63, 3.8) is 0 Å². The molecular formula is C21H23NO3. The highest BCUT2D eigenvalue weighted by Gasteiger charge is 2.18. The van der Waals surface area contributed by atoms with Crippen molar-refractivity contribution in [3.8, 4) is 16.9 Å². The predicted molar refractivity (Wildman–Crippen MR) is 99.0 cm³/mol. The summed E-state index contributed by atoms with van der Waals surface area (Å²) in [6.45, 7) is 6.37. The number of ether oxygens (including phenoxy) is 2. The summed E-state index contributed by atoms with van der Waals surface area (Å²) < 4.78 is 17.2. The highest BCUT2D eigenvalue weighted by Crippen LogP contribution is 2.38. The smallest absolute Gasteiger partial charge is 0.135 e. The monoisotopic (exact) mass is 337 g/mol. The van der Waals surface area contributed by atoms with Crippen LogP contribution in [0.4, 0.5) is 0 Å². The van der Waals surface area contributed by atoms with E-state index < -0.39 is 0 Å². The minimum atomic E-state index is 0.794. The fourth-order valence-corrected chi connectivity index (χ4v) is 3.56. The zero-order chi connectivity index (χ0) is 17.2. The van der Waals surface area contributed by atoms with Gasteiger partial charge in [-0.05, 0) is 24.6 Å². The Morgan fingerprint density at radius 3 is 2.56 bits per heavy atom. The summed E-state index contributed by atoms with van der Waals surface area (Å²) in [5, 5.41) is 1.10. The molecule has 1 aliphatic heterocycles. The maximum atomic E-state index is 6.08. The summed E-state index contributed by atoms with van der Waals surface area (Å²) in [5.41, 5.74) is 4.39. The van der Waals surface area contributed by atoms with E-state index in [9.17, 15) is 0 Å². The molecule has 2 aromatic carbocycles. The van der Waals surface area contributed by atoms with Crippen molar-refractivity contribution >= 4 is 11.0 Å². The van der Waals surface area contributed by atoms with Gasteiger partial charge in [0.2, 0.25) is 0 Å². The summed E-state index contributed by atoms with van der Waals surface area (Å²) in [4.78, 5) is 2.39. The van der Waals surface area contributed by atoms with Crippen molar-refractivity contribution in [2.24, 2.45) is 0 Å². The van der Waals surface area contributed by atoms with Crippen molar-refractivity contribution in [1.82, 2.24) is 4.90 Å². The number of methoxy groups -OCH3 is 1. The van der Waals surface area contributed by atoms with Crippen LogP contribution in [0.2, 0.25) is 0 Å². The molecular weight excluding hydrogens is 314 g/mol. The third-order valence-corrected chi connectivity index (χ3v) is 4.83. The Morgan fingerprint density at radius 1 is 1.08 bits per heavy atom. The van der Waals surface area contributed by atoms with Crippen LogP contribution in [0, 0.1) is 6.92 Å². The topological polar surface area (TPSA) is 34.8 Å². The summed E-state index contributed by atoms with van der Waals surface area (Å²) in [5.74, 6) is 1.85. The molecule has 1 fully saturated rings. The molecule has 1 aliphatic rings. The van der Waals surface area contributed by atoms with Crippen LogP contribution >= 0.6 is 0 Å². The van der Waals surface area contributed by atoms with E-state index in [2.05, 4.69) is 41.3 Å². The van der Waals surface area contributed by atoms with Crippen LogP contribution in [0.25, 0.3) is 22.1 Å². The molecule has 0 N–H and O–H groups in total. The Morgan fingerprint density at radius 2 is 1.84 bits per heavy atom. The minimum absolute atomic E-state index is 0.794. The molecule has 130 valence electrons. The molecule has 1 saturated heterocycles. The van der Waals surface area contributed by atoms with Gasteiger partial charge in [0, 0.05) is 36.1 Å². The van der Waals surface area contributed by atoms with Gasteiger partial charge in [0.1, 0.15) is 17.1 Å². The van der Waals surface area contributed by atoms with Crippen LogP contribution in [-0.2, 0) is 11.3 Å². The van der Waals surface area contributed by atoms with Gasteiger partial charge in [0.25, 0.3) is 0 Å². The number of aryl methyl sites for hydroxylation is 1. The summed E-state index contributed by atoms with van der Waals surface area (Å²) in [7, 11) is 1.74. The number of furan rings is 1. The van der Waals surface area contributed by atoms with Gasteiger partial charge in [0.05, 0.1) is 20.3 Å². The standard InChI is InChI=1S/C21H23NO3/c1-15-21(16-6-4-3-5-7-16)18-13-19(23-2)17(12-20(18)25-15)14-22-8-10-24-11-9-22/h3-7,12-13H,8-11,14H2,1-2H3. The quantitative estimate of drug-likeness (QED) is 0.713. The van der Waals surface area contributed by atoms with Gasteiger partial charge < -0.3 is 13.9 Å². The lowest BCUT2D eigenvalue weighted by atomic mass is 10.0. The largest absolute Gasteiger partial charge is 0.496 e. The van der Waals surface area contributed by atoms with Gasteiger partial charge in [-0.15, -0.1) is 0 Å². The molecule has 0 radical (unpaired) electrons. The van der Waals surface area contributed by atoms with E-state index in [1.807, 2.05) is 13.0 Å². The summed E-state index contributed by atoms with van der Waals surface area (Å²) in [6.07, 6.45) is 0. The van der Waals surface area contributed by atoms with Crippen molar-refractivity contribution < 1.29 is 13.9 Å². The molecule has 0 spiro atoms. The molecule has 0 amide bonds. The third-order valence-electron chi connectivity index (χ3n) is 4.83. The van der Waals surface area contributed by atoms with Gasteiger partial charge >= 0.3 is 0 Å². The second kappa shape index (κ2) is 6.90. The fourth-order valence-electron chi connectivity index (χ4n) is 3.56. The maximum absolute atomic E-state index is 6.08. The Kier molecular flexibility index (Phi) is 4.47. The fraction of sp³-hybridized carbons (Fsp3) is 0.333. The molecule has 1 aromatic heterocycles. The van der Waals surface area contributed by atoms with Crippen molar-refractivity contribution in [1.29, 1.82) is 0 Å². The number of rotatable bonds is 4. The van der Waals surface area contributed by atoms with Crippen molar-refractivity contribution in [2.75, 3.05) is 33.4 Å². The second-order valence-electron chi connectivity index (χ2n) is 6.45. The minimum Gasteiger partial charge on any atom is -0.496 e. The first-order valence-electron chi connectivity index (χ1n) is 8.72. The Bertz CT molecular complexity index is 864. The van der Waals surface area contributed by atoms with Crippen LogP contribution in [-0.4, -0.2) is 38.3 Å². The Balaban J connectivity index is 1.77. The number of benzene rings is 2. The number of hydrogen-bond acceptors (Lipinski definition) is 4. The Labute approximate surface area is 148 Å². The third kappa shape index (κ3) is 3.15. The molecule has 2 heterocycles. The molecule has 25 heavy (non-hydrogen) atoms. The van der Waals surface area contributed by atoms with Gasteiger partial charge in [0.15, 0.2) is 0 Å². The molecule has 0 atom stereocenters. The van der Waals surface area contributed by atoms with E-state index in [4.69, 9.17) is 13.9 Å². The van der Waals surface area contributed by atoms with E-state index in [-0.39, 0.29) is 0 Å². The van der Waals surface area contributed by atoms with Crippen LogP contribution in [0.15, 0.2) is 46.9 Å². The number of nitrogens with zero attached hydrogens (tertiary/aromatic N) is 1. The van der Waals surface area contributed by atoms with E-state index in [0.29, 0.717) is 0 Å². The van der Waals surface area contributed by atoms with Gasteiger partial charge in [-0.2, -0.15) is 0 Å². The first-order chi connectivity index (χ1) is 12.3.